The van der Waals surface area contributed by atoms with E-state index >= 15 is 0 Å². The second-order valence-electron chi connectivity index (χ2n) is 5.37. The molecule has 1 fully saturated rings. The summed E-state index contributed by atoms with van der Waals surface area (Å²) in [5.74, 6) is 1.13. The van der Waals surface area contributed by atoms with Crippen LogP contribution in [0.5, 0.6) is 0 Å². The summed E-state index contributed by atoms with van der Waals surface area (Å²) in [7, 11) is 0. The normalized spacial score (nSPS) is 14.9. The van der Waals surface area contributed by atoms with Crippen LogP contribution >= 0.6 is 0 Å². The smallest absolute Gasteiger partial charge is 0.290 e. The lowest BCUT2D eigenvalue weighted by molar-refractivity contribution is 0.0910. The van der Waals surface area contributed by atoms with E-state index in [4.69, 9.17) is 13.8 Å². The van der Waals surface area contributed by atoms with Crippen molar-refractivity contribution < 1.29 is 18.6 Å². The molecule has 0 saturated carbocycles. The highest BCUT2D eigenvalue weighted by molar-refractivity contribution is 5.91. The topological polar surface area (TPSA) is 93.6 Å². The van der Waals surface area contributed by atoms with Crippen molar-refractivity contribution >= 4 is 11.7 Å². The molecule has 0 bridgehead atoms. The summed E-state index contributed by atoms with van der Waals surface area (Å²) in [5.41, 5.74) is 0.894. The molecule has 124 valence electrons. The summed E-state index contributed by atoms with van der Waals surface area (Å²) in [6.45, 7) is 5.13. The molecule has 1 aliphatic heterocycles. The molecule has 3 rings (SSSR count). The number of carbonyl (C=O) groups is 1. The average molecular weight is 320 g/mol. The van der Waals surface area contributed by atoms with Gasteiger partial charge in [0.25, 0.3) is 5.91 Å². The van der Waals surface area contributed by atoms with E-state index in [1.165, 1.54) is 0 Å². The number of aryl methyl sites for hydroxylation is 1. The molecule has 0 aromatic carbocycles. The van der Waals surface area contributed by atoms with Gasteiger partial charge in [0, 0.05) is 25.2 Å². The summed E-state index contributed by atoms with van der Waals surface area (Å²) in [6, 6.07) is 3.49. The van der Waals surface area contributed by atoms with Crippen molar-refractivity contribution in [1.29, 1.82) is 0 Å². The van der Waals surface area contributed by atoms with Crippen molar-refractivity contribution in [2.75, 3.05) is 31.2 Å². The Balaban J connectivity index is 1.54. The van der Waals surface area contributed by atoms with Crippen LogP contribution in [0.3, 0.4) is 0 Å². The van der Waals surface area contributed by atoms with Crippen molar-refractivity contribution in [2.45, 2.75) is 26.3 Å². The Hall–Kier alpha value is -2.35. The Labute approximate surface area is 133 Å². The van der Waals surface area contributed by atoms with Crippen LogP contribution in [0.4, 0.5) is 5.82 Å². The fraction of sp³-hybridized carbons (Fsp3) is 0.533. The van der Waals surface area contributed by atoms with E-state index in [1.807, 2.05) is 11.0 Å². The fourth-order valence-corrected chi connectivity index (χ4v) is 2.38. The van der Waals surface area contributed by atoms with Gasteiger partial charge in [0.2, 0.25) is 5.76 Å². The van der Waals surface area contributed by atoms with Crippen LogP contribution in [0.15, 0.2) is 21.2 Å². The average Bonchev–Trinajstić information content (AvgIpc) is 3.23. The molecule has 2 aromatic rings. The summed E-state index contributed by atoms with van der Waals surface area (Å²) in [5, 5.41) is 10.6. The Kier molecular flexibility index (Phi) is 4.92. The molecule has 0 atom stereocenters. The van der Waals surface area contributed by atoms with Gasteiger partial charge in [-0.3, -0.25) is 4.79 Å². The zero-order valence-electron chi connectivity index (χ0n) is 13.1. The Morgan fingerprint density at radius 3 is 2.87 bits per heavy atom. The van der Waals surface area contributed by atoms with E-state index < -0.39 is 0 Å². The van der Waals surface area contributed by atoms with E-state index in [1.54, 1.807) is 6.07 Å². The lowest BCUT2D eigenvalue weighted by Crippen LogP contribution is -2.36. The first-order valence-electron chi connectivity index (χ1n) is 7.78. The molecule has 1 aliphatic rings. The number of aromatic nitrogens is 2. The third kappa shape index (κ3) is 3.89. The Morgan fingerprint density at radius 2 is 2.09 bits per heavy atom. The second kappa shape index (κ2) is 7.28. The molecule has 0 aliphatic carbocycles. The van der Waals surface area contributed by atoms with Gasteiger partial charge in [-0.2, -0.15) is 0 Å². The van der Waals surface area contributed by atoms with Gasteiger partial charge < -0.3 is 24.0 Å². The summed E-state index contributed by atoms with van der Waals surface area (Å²) >= 11 is 0. The molecule has 1 saturated heterocycles. The third-order valence-corrected chi connectivity index (χ3v) is 3.59. The zero-order valence-corrected chi connectivity index (χ0v) is 13.1. The number of amides is 1. The van der Waals surface area contributed by atoms with Crippen molar-refractivity contribution in [3.05, 3.63) is 29.3 Å². The van der Waals surface area contributed by atoms with Crippen molar-refractivity contribution in [2.24, 2.45) is 0 Å². The van der Waals surface area contributed by atoms with Gasteiger partial charge in [0.05, 0.1) is 25.5 Å². The largest absolute Gasteiger partial charge is 0.378 e. The van der Waals surface area contributed by atoms with E-state index in [2.05, 4.69) is 22.6 Å². The first-order valence-corrected chi connectivity index (χ1v) is 7.78. The lowest BCUT2D eigenvalue weighted by atomic mass is 10.2. The van der Waals surface area contributed by atoms with Crippen molar-refractivity contribution in [3.8, 4) is 0 Å². The predicted octanol–water partition coefficient (Wildman–Crippen LogP) is 1.38. The third-order valence-electron chi connectivity index (χ3n) is 3.59. The molecule has 2 aromatic heterocycles. The van der Waals surface area contributed by atoms with Gasteiger partial charge in [-0.15, -0.1) is 0 Å². The standard InChI is InChI=1S/C15H20N4O4/c1-2-3-11-8-12(22-17-11)10-16-15(20)13-9-14(18-23-13)19-4-6-21-7-5-19/h8-9H,2-7,10H2,1H3,(H,16,20). The first kappa shape index (κ1) is 15.5. The van der Waals surface area contributed by atoms with Crippen LogP contribution in [0, 0.1) is 0 Å². The van der Waals surface area contributed by atoms with Crippen molar-refractivity contribution in [3.63, 3.8) is 0 Å². The molecule has 1 amide bonds. The summed E-state index contributed by atoms with van der Waals surface area (Å²) in [6.07, 6.45) is 1.86. The number of hydrogen-bond acceptors (Lipinski definition) is 7. The minimum absolute atomic E-state index is 0.180. The van der Waals surface area contributed by atoms with Gasteiger partial charge in [0.1, 0.15) is 0 Å². The minimum Gasteiger partial charge on any atom is -0.378 e. The van der Waals surface area contributed by atoms with Gasteiger partial charge in [0.15, 0.2) is 11.6 Å². The van der Waals surface area contributed by atoms with Crippen LogP contribution in [-0.4, -0.2) is 42.5 Å². The van der Waals surface area contributed by atoms with Gasteiger partial charge in [-0.25, -0.2) is 0 Å². The monoisotopic (exact) mass is 320 g/mol. The van der Waals surface area contributed by atoms with E-state index in [0.29, 0.717) is 24.8 Å². The van der Waals surface area contributed by atoms with Crippen molar-refractivity contribution in [1.82, 2.24) is 15.6 Å². The number of carbonyl (C=O) groups excluding carboxylic acids is 1. The number of nitrogens with zero attached hydrogens (tertiary/aromatic N) is 3. The molecule has 0 spiro atoms. The van der Waals surface area contributed by atoms with Crippen LogP contribution < -0.4 is 10.2 Å². The highest BCUT2D eigenvalue weighted by Gasteiger charge is 2.19. The maximum Gasteiger partial charge on any atom is 0.290 e. The summed E-state index contributed by atoms with van der Waals surface area (Å²) in [4.78, 5) is 14.1. The maximum absolute atomic E-state index is 12.1. The number of morpholine rings is 1. The predicted molar refractivity (Wildman–Crippen MR) is 81.2 cm³/mol. The molecule has 23 heavy (non-hydrogen) atoms. The first-order chi connectivity index (χ1) is 11.3. The molecule has 8 heteroatoms. The minimum atomic E-state index is -0.328. The quantitative estimate of drug-likeness (QED) is 0.859. The maximum atomic E-state index is 12.1. The van der Waals surface area contributed by atoms with E-state index in [0.717, 1.165) is 31.6 Å². The Bertz CT molecular complexity index is 645. The van der Waals surface area contributed by atoms with Crippen LogP contribution in [0.25, 0.3) is 0 Å². The number of nitrogens with one attached hydrogen (secondary N) is 1. The van der Waals surface area contributed by atoms with Gasteiger partial charge >= 0.3 is 0 Å². The highest BCUT2D eigenvalue weighted by Crippen LogP contribution is 2.16. The molecule has 8 nitrogen and oxygen atoms in total. The SMILES string of the molecule is CCCc1cc(CNC(=O)c2cc(N3CCOCC3)no2)on1. The molecule has 3 heterocycles. The number of rotatable bonds is 6. The number of hydrogen-bond donors (Lipinski definition) is 1. The highest BCUT2D eigenvalue weighted by atomic mass is 16.5. The van der Waals surface area contributed by atoms with Crippen LogP contribution in [-0.2, 0) is 17.7 Å². The zero-order chi connectivity index (χ0) is 16.1. The van der Waals surface area contributed by atoms with Gasteiger partial charge in [-0.1, -0.05) is 23.7 Å². The fourth-order valence-electron chi connectivity index (χ4n) is 2.38. The molecule has 1 N–H and O–H groups in total. The number of ether oxygens (including phenoxy) is 1. The van der Waals surface area contributed by atoms with Crippen LogP contribution in [0.1, 0.15) is 35.4 Å². The van der Waals surface area contributed by atoms with E-state index in [-0.39, 0.29) is 18.2 Å². The molecular formula is C15H20N4O4. The molecule has 0 radical (unpaired) electrons. The second-order valence-corrected chi connectivity index (χ2v) is 5.37. The lowest BCUT2D eigenvalue weighted by Gasteiger charge is -2.25. The summed E-state index contributed by atoms with van der Waals surface area (Å²) < 4.78 is 15.6. The number of anilines is 1. The molecular weight excluding hydrogens is 300 g/mol. The van der Waals surface area contributed by atoms with Gasteiger partial charge in [-0.05, 0) is 6.42 Å². The Morgan fingerprint density at radius 1 is 1.26 bits per heavy atom. The molecule has 0 unspecified atom stereocenters. The van der Waals surface area contributed by atoms with E-state index in [9.17, 15) is 4.79 Å². The van der Waals surface area contributed by atoms with Crippen LogP contribution in [0.2, 0.25) is 0 Å².